The number of hydrogen-bond donors (Lipinski definition) is 6. The van der Waals surface area contributed by atoms with Crippen LogP contribution < -0.4 is 16.0 Å². The third-order valence-electron chi connectivity index (χ3n) is 3.66. The molecule has 154 valence electrons. The molecule has 3 amide bonds. The number of nitrogens with one attached hydrogen (secondary N) is 3. The minimum atomic E-state index is -3.56. The van der Waals surface area contributed by atoms with Crippen LogP contribution in [0.5, 0.6) is 0 Å². The Balaban J connectivity index is 2.76. The number of halogens is 1. The van der Waals surface area contributed by atoms with Crippen molar-refractivity contribution in [3.8, 4) is 0 Å². The van der Waals surface area contributed by atoms with Crippen LogP contribution in [0.3, 0.4) is 0 Å². The molecule has 1 rings (SSSR count). The number of benzene rings is 1. The van der Waals surface area contributed by atoms with Crippen LogP contribution in [0.4, 0.5) is 5.69 Å². The Morgan fingerprint density at radius 2 is 1.89 bits per heavy atom. The number of carbonyl (C=O) groups is 4. The molecular formula is C17H22ClN3O7. The lowest BCUT2D eigenvalue weighted by atomic mass is 10.0. The molecule has 1 aromatic rings. The second kappa shape index (κ2) is 11.3. The van der Waals surface area contributed by atoms with Crippen molar-refractivity contribution in [1.82, 2.24) is 10.6 Å². The van der Waals surface area contributed by atoms with E-state index in [1.165, 1.54) is 24.3 Å². The number of carbonyl (C=O) groups excluding carboxylic acids is 4. The minimum absolute atomic E-state index is 0.0272. The van der Waals surface area contributed by atoms with Crippen LogP contribution in [0.1, 0.15) is 29.6 Å². The molecule has 0 aliphatic rings. The smallest absolute Gasteiger partial charge is 0.359 e. The van der Waals surface area contributed by atoms with E-state index in [0.29, 0.717) is 32.2 Å². The fourth-order valence-electron chi connectivity index (χ4n) is 2.24. The van der Waals surface area contributed by atoms with Gasteiger partial charge in [0.05, 0.1) is 11.9 Å². The van der Waals surface area contributed by atoms with Gasteiger partial charge in [-0.15, -0.1) is 11.6 Å². The van der Waals surface area contributed by atoms with E-state index in [4.69, 9.17) is 26.9 Å². The van der Waals surface area contributed by atoms with E-state index in [2.05, 4.69) is 10.6 Å². The van der Waals surface area contributed by atoms with Crippen molar-refractivity contribution in [2.45, 2.75) is 31.3 Å². The van der Waals surface area contributed by atoms with Crippen LogP contribution >= 0.6 is 11.6 Å². The van der Waals surface area contributed by atoms with Crippen LogP contribution in [0.25, 0.3) is 0 Å². The van der Waals surface area contributed by atoms with Gasteiger partial charge >= 0.3 is 11.9 Å². The number of ketones is 1. The molecule has 1 aromatic carbocycles. The summed E-state index contributed by atoms with van der Waals surface area (Å²) in [4.78, 5) is 45.9. The fourth-order valence-corrected chi connectivity index (χ4v) is 2.42. The van der Waals surface area contributed by atoms with Crippen LogP contribution in [0, 0.1) is 0 Å². The summed E-state index contributed by atoms with van der Waals surface area (Å²) in [7, 11) is 0. The average molecular weight is 416 g/mol. The summed E-state index contributed by atoms with van der Waals surface area (Å²) in [6, 6.07) is 4.61. The molecule has 0 aliphatic carbocycles. The van der Waals surface area contributed by atoms with Gasteiger partial charge in [-0.05, 0) is 37.5 Å². The summed E-state index contributed by atoms with van der Waals surface area (Å²) in [5, 5.41) is 33.5. The first kappa shape index (κ1) is 23.5. The highest BCUT2D eigenvalue weighted by Crippen LogP contribution is 2.13. The zero-order valence-electron chi connectivity index (χ0n) is 14.9. The number of amides is 3. The van der Waals surface area contributed by atoms with E-state index in [9.17, 15) is 19.2 Å². The molecule has 0 bridgehead atoms. The van der Waals surface area contributed by atoms with E-state index in [1.807, 2.05) is 5.32 Å². The molecule has 1 atom stereocenters. The number of hydrogen-bond acceptors (Lipinski definition) is 7. The Hall–Kier alpha value is -2.53. The van der Waals surface area contributed by atoms with Crippen LogP contribution in [-0.2, 0) is 14.4 Å². The van der Waals surface area contributed by atoms with Crippen LogP contribution in [-0.4, -0.2) is 63.8 Å². The molecule has 0 fully saturated rings. The number of Topliss-reactive ketones (excluding diaryl/α,β-unsaturated/α-hetero) is 1. The second-order valence-electron chi connectivity index (χ2n) is 5.86. The van der Waals surface area contributed by atoms with E-state index < -0.39 is 23.8 Å². The van der Waals surface area contributed by atoms with Gasteiger partial charge in [0.1, 0.15) is 0 Å². The SMILES string of the molecule is O=CNCCCCC(NC(=O)c1cccc(NC(=O)C(O)(O)O)c1)C(=O)CCl. The van der Waals surface area contributed by atoms with Crippen molar-refractivity contribution in [3.05, 3.63) is 29.8 Å². The second-order valence-corrected chi connectivity index (χ2v) is 6.13. The first-order chi connectivity index (χ1) is 13.2. The first-order valence-electron chi connectivity index (χ1n) is 8.34. The number of aliphatic hydroxyl groups is 3. The molecule has 6 N–H and O–H groups in total. The summed E-state index contributed by atoms with van der Waals surface area (Å²) < 4.78 is 0. The Bertz CT molecular complexity index is 706. The number of unbranched alkanes of at least 4 members (excludes halogenated alkanes) is 1. The average Bonchev–Trinajstić information content (AvgIpc) is 2.65. The van der Waals surface area contributed by atoms with Gasteiger partial charge in [-0.3, -0.25) is 19.2 Å². The van der Waals surface area contributed by atoms with Gasteiger partial charge < -0.3 is 31.3 Å². The van der Waals surface area contributed by atoms with Gasteiger partial charge in [0.25, 0.3) is 5.91 Å². The van der Waals surface area contributed by atoms with Crippen molar-refractivity contribution in [2.75, 3.05) is 17.7 Å². The minimum Gasteiger partial charge on any atom is -0.359 e. The highest BCUT2D eigenvalue weighted by atomic mass is 35.5. The topological polar surface area (TPSA) is 165 Å². The standard InChI is InChI=1S/C17H22ClN3O7/c18-9-14(23)13(6-1-2-7-19-10-22)21-15(24)11-4-3-5-12(8-11)20-16(25)17(26,27)28/h3-5,8,10,13,26-28H,1-2,6-7,9H2,(H,19,22)(H,20,25)(H,21,24). The Labute approximate surface area is 165 Å². The van der Waals surface area contributed by atoms with Crippen molar-refractivity contribution in [3.63, 3.8) is 0 Å². The predicted molar refractivity (Wildman–Crippen MR) is 99.4 cm³/mol. The number of alkyl halides is 1. The maximum Gasteiger partial charge on any atom is 0.360 e. The normalized spacial score (nSPS) is 12.0. The maximum absolute atomic E-state index is 12.4. The zero-order chi connectivity index (χ0) is 21.2. The molecule has 0 saturated carbocycles. The quantitative estimate of drug-likeness (QED) is 0.111. The first-order valence-corrected chi connectivity index (χ1v) is 8.87. The summed E-state index contributed by atoms with van der Waals surface area (Å²) in [5.74, 6) is -6.31. The zero-order valence-corrected chi connectivity index (χ0v) is 15.6. The molecule has 0 aromatic heterocycles. The molecule has 0 aliphatic heterocycles. The highest BCUT2D eigenvalue weighted by molar-refractivity contribution is 6.28. The number of anilines is 1. The van der Waals surface area contributed by atoms with E-state index in [-0.39, 0.29) is 22.9 Å². The van der Waals surface area contributed by atoms with Gasteiger partial charge in [-0.2, -0.15) is 0 Å². The molecule has 10 nitrogen and oxygen atoms in total. The lowest BCUT2D eigenvalue weighted by Crippen LogP contribution is -2.42. The van der Waals surface area contributed by atoms with Gasteiger partial charge in [-0.25, -0.2) is 0 Å². The van der Waals surface area contributed by atoms with Gasteiger partial charge in [0.15, 0.2) is 5.78 Å². The summed E-state index contributed by atoms with van der Waals surface area (Å²) >= 11 is 5.59. The van der Waals surface area contributed by atoms with Crippen LogP contribution in [0.15, 0.2) is 24.3 Å². The third kappa shape index (κ3) is 8.01. The lowest BCUT2D eigenvalue weighted by Gasteiger charge is -2.17. The van der Waals surface area contributed by atoms with Crippen molar-refractivity contribution in [1.29, 1.82) is 0 Å². The van der Waals surface area contributed by atoms with Crippen molar-refractivity contribution in [2.24, 2.45) is 0 Å². The van der Waals surface area contributed by atoms with Crippen molar-refractivity contribution < 1.29 is 34.5 Å². The monoisotopic (exact) mass is 415 g/mol. The third-order valence-corrected chi connectivity index (χ3v) is 3.92. The molecule has 0 spiro atoms. The Morgan fingerprint density at radius 1 is 1.18 bits per heavy atom. The summed E-state index contributed by atoms with van der Waals surface area (Å²) in [5.41, 5.74) is 0.117. The van der Waals surface area contributed by atoms with Crippen LogP contribution in [0.2, 0.25) is 0 Å². The van der Waals surface area contributed by atoms with Gasteiger partial charge in [-0.1, -0.05) is 6.07 Å². The number of rotatable bonds is 12. The fraction of sp³-hybridized carbons (Fsp3) is 0.412. The van der Waals surface area contributed by atoms with E-state index >= 15 is 0 Å². The largest absolute Gasteiger partial charge is 0.360 e. The van der Waals surface area contributed by atoms with E-state index in [0.717, 1.165) is 0 Å². The lowest BCUT2D eigenvalue weighted by molar-refractivity contribution is -0.284. The Morgan fingerprint density at radius 3 is 2.50 bits per heavy atom. The highest BCUT2D eigenvalue weighted by Gasteiger charge is 2.30. The molecule has 0 radical (unpaired) electrons. The molecule has 28 heavy (non-hydrogen) atoms. The summed E-state index contributed by atoms with van der Waals surface area (Å²) in [6.45, 7) is 0.447. The van der Waals surface area contributed by atoms with Crippen molar-refractivity contribution >= 4 is 41.3 Å². The molecule has 11 heteroatoms. The maximum atomic E-state index is 12.4. The van der Waals surface area contributed by atoms with Gasteiger partial charge in [0, 0.05) is 17.8 Å². The van der Waals surface area contributed by atoms with E-state index in [1.54, 1.807) is 0 Å². The summed E-state index contributed by atoms with van der Waals surface area (Å²) in [6.07, 6.45) is 2.09. The van der Waals surface area contributed by atoms with Gasteiger partial charge in [0.2, 0.25) is 6.41 Å². The molecular weight excluding hydrogens is 394 g/mol. The molecule has 0 saturated heterocycles. The molecule has 1 unspecified atom stereocenters. The Kier molecular flexibility index (Phi) is 9.52. The molecule has 0 heterocycles. The predicted octanol–water partition coefficient (Wildman–Crippen LogP) is -0.922.